The Balaban J connectivity index is 1.93. The van der Waals surface area contributed by atoms with Gasteiger partial charge in [-0.15, -0.1) is 0 Å². The van der Waals surface area contributed by atoms with Crippen LogP contribution in [-0.2, 0) is 16.1 Å². The Morgan fingerprint density at radius 1 is 1.60 bits per heavy atom. The molecule has 1 saturated heterocycles. The third-order valence-corrected chi connectivity index (χ3v) is 3.21. The van der Waals surface area contributed by atoms with Crippen molar-refractivity contribution in [2.45, 2.75) is 25.4 Å². The van der Waals surface area contributed by atoms with Crippen LogP contribution < -0.4 is 5.32 Å². The normalized spacial score (nSPS) is 18.2. The van der Waals surface area contributed by atoms with Crippen molar-refractivity contribution in [1.82, 2.24) is 14.7 Å². The number of amides is 2. The van der Waals surface area contributed by atoms with Crippen molar-refractivity contribution in [2.75, 3.05) is 25.6 Å². The zero-order valence-corrected chi connectivity index (χ0v) is 11.3. The van der Waals surface area contributed by atoms with E-state index in [0.29, 0.717) is 38.2 Å². The number of ether oxygens (including phenoxy) is 1. The Labute approximate surface area is 116 Å². The second kappa shape index (κ2) is 6.38. The molecule has 0 unspecified atom stereocenters. The van der Waals surface area contributed by atoms with Gasteiger partial charge >= 0.3 is 12.0 Å². The number of hydrogen-bond donors (Lipinski definition) is 2. The van der Waals surface area contributed by atoms with Crippen LogP contribution in [-0.4, -0.2) is 58.1 Å². The number of carboxylic acid groups (broad SMARTS) is 1. The fourth-order valence-electron chi connectivity index (χ4n) is 2.20. The topological polar surface area (TPSA) is 96.7 Å². The minimum Gasteiger partial charge on any atom is -0.480 e. The van der Waals surface area contributed by atoms with Crippen molar-refractivity contribution in [1.29, 1.82) is 0 Å². The molecule has 0 aliphatic carbocycles. The first kappa shape index (κ1) is 14.3. The highest BCUT2D eigenvalue weighted by Gasteiger charge is 2.34. The highest BCUT2D eigenvalue weighted by atomic mass is 16.5. The highest BCUT2D eigenvalue weighted by molar-refractivity contribution is 5.92. The Morgan fingerprint density at radius 2 is 2.40 bits per heavy atom. The number of carboxylic acids is 1. The molecule has 1 aromatic rings. The zero-order valence-electron chi connectivity index (χ0n) is 11.3. The molecule has 2 N–H and O–H groups in total. The van der Waals surface area contributed by atoms with Crippen molar-refractivity contribution >= 4 is 17.7 Å². The van der Waals surface area contributed by atoms with Crippen LogP contribution in [0, 0.1) is 0 Å². The van der Waals surface area contributed by atoms with Crippen LogP contribution in [0.5, 0.6) is 0 Å². The van der Waals surface area contributed by atoms with E-state index in [1.807, 2.05) is 0 Å². The summed E-state index contributed by atoms with van der Waals surface area (Å²) in [4.78, 5) is 24.4. The number of aromatic nitrogens is 2. The van der Waals surface area contributed by atoms with E-state index in [0.717, 1.165) is 0 Å². The highest BCUT2D eigenvalue weighted by Crippen LogP contribution is 2.19. The molecule has 0 spiro atoms. The first-order valence-electron chi connectivity index (χ1n) is 6.43. The molecule has 0 bridgehead atoms. The van der Waals surface area contributed by atoms with Gasteiger partial charge in [-0.3, -0.25) is 4.68 Å². The number of anilines is 1. The molecule has 110 valence electrons. The number of likely N-dealkylation sites (tertiary alicyclic amines) is 1. The maximum Gasteiger partial charge on any atom is 0.326 e. The average molecular weight is 282 g/mol. The van der Waals surface area contributed by atoms with Crippen LogP contribution in [0.2, 0.25) is 0 Å². The second-order valence-electron chi connectivity index (χ2n) is 4.60. The summed E-state index contributed by atoms with van der Waals surface area (Å²) in [5.41, 5.74) is 0.544. The summed E-state index contributed by atoms with van der Waals surface area (Å²) in [5, 5.41) is 15.8. The first-order valence-corrected chi connectivity index (χ1v) is 6.43. The molecule has 2 heterocycles. The number of urea groups is 1. The van der Waals surface area contributed by atoms with Crippen molar-refractivity contribution in [3.8, 4) is 0 Å². The summed E-state index contributed by atoms with van der Waals surface area (Å²) in [6.45, 7) is 1.58. The minimum absolute atomic E-state index is 0.402. The summed E-state index contributed by atoms with van der Waals surface area (Å²) in [6, 6.07) is -1.14. The fourth-order valence-corrected chi connectivity index (χ4v) is 2.20. The van der Waals surface area contributed by atoms with Crippen LogP contribution in [0.4, 0.5) is 10.5 Å². The lowest BCUT2D eigenvalue weighted by molar-refractivity contribution is -0.141. The summed E-state index contributed by atoms with van der Waals surface area (Å²) < 4.78 is 6.59. The average Bonchev–Trinajstić information content (AvgIpc) is 3.04. The smallest absolute Gasteiger partial charge is 0.326 e. The lowest BCUT2D eigenvalue weighted by Crippen LogP contribution is -2.42. The van der Waals surface area contributed by atoms with E-state index in [9.17, 15) is 9.59 Å². The van der Waals surface area contributed by atoms with Crippen LogP contribution in [0.25, 0.3) is 0 Å². The molecule has 1 aliphatic heterocycles. The third kappa shape index (κ3) is 3.27. The molecule has 8 heteroatoms. The predicted molar refractivity (Wildman–Crippen MR) is 70.5 cm³/mol. The van der Waals surface area contributed by atoms with E-state index in [-0.39, 0.29) is 0 Å². The Kier molecular flexibility index (Phi) is 4.57. The molecule has 1 atom stereocenters. The van der Waals surface area contributed by atoms with E-state index in [4.69, 9.17) is 9.84 Å². The molecular weight excluding hydrogens is 264 g/mol. The molecule has 1 fully saturated rings. The Hall–Kier alpha value is -2.09. The van der Waals surface area contributed by atoms with E-state index in [1.54, 1.807) is 18.0 Å². The molecule has 20 heavy (non-hydrogen) atoms. The van der Waals surface area contributed by atoms with Gasteiger partial charge in [-0.25, -0.2) is 9.59 Å². The molecule has 2 rings (SSSR count). The molecule has 0 radical (unpaired) electrons. The number of carbonyl (C=O) groups is 2. The van der Waals surface area contributed by atoms with Gasteiger partial charge in [0, 0.05) is 19.9 Å². The van der Waals surface area contributed by atoms with E-state index in [1.165, 1.54) is 11.1 Å². The van der Waals surface area contributed by atoms with Crippen LogP contribution >= 0.6 is 0 Å². The number of methoxy groups -OCH3 is 1. The number of nitrogens with one attached hydrogen (secondary N) is 1. The van der Waals surface area contributed by atoms with Crippen LogP contribution in [0.15, 0.2) is 12.4 Å². The van der Waals surface area contributed by atoms with Crippen molar-refractivity contribution < 1.29 is 19.4 Å². The molecule has 2 amide bonds. The van der Waals surface area contributed by atoms with E-state index in [2.05, 4.69) is 10.4 Å². The van der Waals surface area contributed by atoms with Gasteiger partial charge in [0.15, 0.2) is 0 Å². The molecule has 0 saturated carbocycles. The van der Waals surface area contributed by atoms with Gasteiger partial charge in [0.1, 0.15) is 6.04 Å². The van der Waals surface area contributed by atoms with Gasteiger partial charge < -0.3 is 20.1 Å². The first-order chi connectivity index (χ1) is 9.61. The van der Waals surface area contributed by atoms with Gasteiger partial charge in [0.2, 0.25) is 0 Å². The van der Waals surface area contributed by atoms with Crippen molar-refractivity contribution in [2.24, 2.45) is 0 Å². The molecule has 8 nitrogen and oxygen atoms in total. The number of rotatable bonds is 5. The lowest BCUT2D eigenvalue weighted by Gasteiger charge is -2.21. The Bertz CT molecular complexity index is 488. The van der Waals surface area contributed by atoms with Gasteiger partial charge in [-0.05, 0) is 12.8 Å². The summed E-state index contributed by atoms with van der Waals surface area (Å²) in [7, 11) is 1.60. The zero-order chi connectivity index (χ0) is 14.5. The third-order valence-electron chi connectivity index (χ3n) is 3.21. The molecule has 1 aromatic heterocycles. The molecule has 1 aliphatic rings. The second-order valence-corrected chi connectivity index (χ2v) is 4.60. The van der Waals surface area contributed by atoms with Gasteiger partial charge in [0.05, 0.1) is 25.0 Å². The molecular formula is C12H18N4O4. The van der Waals surface area contributed by atoms with E-state index < -0.39 is 18.0 Å². The number of carbonyl (C=O) groups excluding carboxylic acids is 1. The fraction of sp³-hybridized carbons (Fsp3) is 0.583. The monoisotopic (exact) mass is 282 g/mol. The maximum atomic E-state index is 12.0. The summed E-state index contributed by atoms with van der Waals surface area (Å²) in [5.74, 6) is -0.964. The summed E-state index contributed by atoms with van der Waals surface area (Å²) in [6.07, 6.45) is 4.41. The standard InChI is InChI=1S/C12H18N4O4/c1-20-6-5-15-8-9(7-13-15)14-12(19)16-4-2-3-10(16)11(17)18/h7-8,10H,2-6H2,1H3,(H,14,19)(H,17,18)/t10-/m0/s1. The largest absolute Gasteiger partial charge is 0.480 e. The SMILES string of the molecule is COCCn1cc(NC(=O)N2CCC[C@H]2C(=O)O)cn1. The van der Waals surface area contributed by atoms with Gasteiger partial charge in [-0.1, -0.05) is 0 Å². The molecule has 0 aromatic carbocycles. The van der Waals surface area contributed by atoms with Crippen LogP contribution in [0.1, 0.15) is 12.8 Å². The van der Waals surface area contributed by atoms with Crippen LogP contribution in [0.3, 0.4) is 0 Å². The lowest BCUT2D eigenvalue weighted by atomic mass is 10.2. The summed E-state index contributed by atoms with van der Waals surface area (Å²) >= 11 is 0. The van der Waals surface area contributed by atoms with Gasteiger partial charge in [0.25, 0.3) is 0 Å². The Morgan fingerprint density at radius 3 is 3.10 bits per heavy atom. The van der Waals surface area contributed by atoms with Gasteiger partial charge in [-0.2, -0.15) is 5.10 Å². The quantitative estimate of drug-likeness (QED) is 0.824. The van der Waals surface area contributed by atoms with Crippen molar-refractivity contribution in [3.05, 3.63) is 12.4 Å². The number of hydrogen-bond acceptors (Lipinski definition) is 4. The van der Waals surface area contributed by atoms with Crippen molar-refractivity contribution in [3.63, 3.8) is 0 Å². The maximum absolute atomic E-state index is 12.0. The number of nitrogens with zero attached hydrogens (tertiary/aromatic N) is 3. The minimum atomic E-state index is -0.964. The predicted octanol–water partition coefficient (Wildman–Crippen LogP) is 0.610. The van der Waals surface area contributed by atoms with E-state index >= 15 is 0 Å². The number of aliphatic carboxylic acids is 1.